The average Bonchev–Trinajstić information content (AvgIpc) is 2.89. The van der Waals surface area contributed by atoms with Gasteiger partial charge in [0.25, 0.3) is 0 Å². The minimum atomic E-state index is -1.24. The molecule has 1 N–H and O–H groups in total. The van der Waals surface area contributed by atoms with E-state index in [9.17, 15) is 23.1 Å². The molecule has 2 aromatic heterocycles. The normalized spacial score (nSPS) is 15.9. The number of hydrogen-bond acceptors (Lipinski definition) is 6. The summed E-state index contributed by atoms with van der Waals surface area (Å²) < 4.78 is 52.9. The zero-order valence-electron chi connectivity index (χ0n) is 24.9. The van der Waals surface area contributed by atoms with Crippen LogP contribution in [0, 0.1) is 29.8 Å². The first kappa shape index (κ1) is 31.3. The molecule has 3 heterocycles. The standard InChI is InChI=1S/C32H38F3N3O4/c1-19-27(29(30(39)40)42-31(2,3)4)28(38-12-10-32(5,6)11-13-38)23(18-36-19)26-8-7-21(17-37-26)41-14-9-22-24(34)15-20(33)16-25(22)35/h7-8,15-18,29H,9-14H2,1-6H3,(H,39,40). The molecule has 0 radical (unpaired) electrons. The van der Waals surface area contributed by atoms with Gasteiger partial charge in [-0.25, -0.2) is 18.0 Å². The van der Waals surface area contributed by atoms with E-state index in [0.29, 0.717) is 40.4 Å². The molecule has 226 valence electrons. The predicted molar refractivity (Wildman–Crippen MR) is 154 cm³/mol. The molecule has 1 fully saturated rings. The van der Waals surface area contributed by atoms with Crippen molar-refractivity contribution in [3.05, 3.63) is 70.9 Å². The van der Waals surface area contributed by atoms with E-state index in [1.807, 2.05) is 20.8 Å². The van der Waals surface area contributed by atoms with E-state index < -0.39 is 35.1 Å². The molecule has 1 aromatic carbocycles. The summed E-state index contributed by atoms with van der Waals surface area (Å²) in [6, 6.07) is 4.70. The molecule has 1 aliphatic rings. The zero-order chi connectivity index (χ0) is 30.8. The average molecular weight is 586 g/mol. The molecule has 0 aliphatic carbocycles. The number of benzene rings is 1. The maximum Gasteiger partial charge on any atom is 0.337 e. The lowest BCUT2D eigenvalue weighted by atomic mass is 9.82. The summed E-state index contributed by atoms with van der Waals surface area (Å²) in [5.41, 5.74) is 2.23. The summed E-state index contributed by atoms with van der Waals surface area (Å²) >= 11 is 0. The smallest absolute Gasteiger partial charge is 0.337 e. The first-order chi connectivity index (χ1) is 19.6. The molecule has 42 heavy (non-hydrogen) atoms. The highest BCUT2D eigenvalue weighted by atomic mass is 19.1. The predicted octanol–water partition coefficient (Wildman–Crippen LogP) is 7.06. The number of ether oxygens (including phenoxy) is 2. The maximum absolute atomic E-state index is 14.0. The van der Waals surface area contributed by atoms with Crippen LogP contribution in [0.5, 0.6) is 5.75 Å². The lowest BCUT2D eigenvalue weighted by Crippen LogP contribution is -2.39. The van der Waals surface area contributed by atoms with Crippen molar-refractivity contribution in [2.75, 3.05) is 24.6 Å². The van der Waals surface area contributed by atoms with Crippen LogP contribution in [-0.2, 0) is 16.0 Å². The van der Waals surface area contributed by atoms with Crippen molar-refractivity contribution in [2.45, 2.75) is 72.5 Å². The highest BCUT2D eigenvalue weighted by Crippen LogP contribution is 2.43. The summed E-state index contributed by atoms with van der Waals surface area (Å²) in [4.78, 5) is 23.9. The number of aliphatic carboxylic acids is 1. The van der Waals surface area contributed by atoms with Gasteiger partial charge in [-0.05, 0) is 58.1 Å². The first-order valence-corrected chi connectivity index (χ1v) is 14.0. The van der Waals surface area contributed by atoms with Crippen LogP contribution in [0.4, 0.5) is 18.9 Å². The van der Waals surface area contributed by atoms with Crippen molar-refractivity contribution in [3.63, 3.8) is 0 Å². The van der Waals surface area contributed by atoms with E-state index in [1.165, 1.54) is 6.20 Å². The minimum Gasteiger partial charge on any atom is -0.492 e. The van der Waals surface area contributed by atoms with Gasteiger partial charge in [-0.2, -0.15) is 0 Å². The molecule has 1 unspecified atom stereocenters. The van der Waals surface area contributed by atoms with E-state index >= 15 is 0 Å². The van der Waals surface area contributed by atoms with Gasteiger partial charge in [0.15, 0.2) is 6.10 Å². The van der Waals surface area contributed by atoms with Gasteiger partial charge >= 0.3 is 5.97 Å². The molecule has 0 saturated carbocycles. The van der Waals surface area contributed by atoms with Crippen molar-refractivity contribution in [3.8, 4) is 17.0 Å². The highest BCUT2D eigenvalue weighted by Gasteiger charge is 2.36. The Morgan fingerprint density at radius 1 is 1.07 bits per heavy atom. The number of carboxylic acid groups (broad SMARTS) is 1. The fourth-order valence-corrected chi connectivity index (χ4v) is 5.08. The number of rotatable bonds is 9. The van der Waals surface area contributed by atoms with E-state index in [4.69, 9.17) is 9.47 Å². The minimum absolute atomic E-state index is 0.0457. The van der Waals surface area contributed by atoms with Gasteiger partial charge in [-0.15, -0.1) is 0 Å². The lowest BCUT2D eigenvalue weighted by Gasteiger charge is -2.40. The topological polar surface area (TPSA) is 84.8 Å². The zero-order valence-corrected chi connectivity index (χ0v) is 24.9. The van der Waals surface area contributed by atoms with Gasteiger partial charge in [-0.3, -0.25) is 9.97 Å². The third kappa shape index (κ3) is 7.40. The number of nitrogens with zero attached hydrogens (tertiary/aromatic N) is 3. The Morgan fingerprint density at radius 2 is 1.71 bits per heavy atom. The second-order valence-electron chi connectivity index (χ2n) is 12.4. The number of aryl methyl sites for hydroxylation is 1. The summed E-state index contributed by atoms with van der Waals surface area (Å²) in [7, 11) is 0. The Balaban J connectivity index is 1.66. The molecule has 0 spiro atoms. The molecular formula is C32H38F3N3O4. The maximum atomic E-state index is 14.0. The van der Waals surface area contributed by atoms with Crippen LogP contribution in [0.15, 0.2) is 36.7 Å². The van der Waals surface area contributed by atoms with Gasteiger partial charge in [-0.1, -0.05) is 13.8 Å². The number of pyridine rings is 2. The molecule has 10 heteroatoms. The Hall–Kier alpha value is -3.66. The molecule has 3 aromatic rings. The molecule has 1 atom stereocenters. The van der Waals surface area contributed by atoms with E-state index in [0.717, 1.165) is 31.6 Å². The van der Waals surface area contributed by atoms with Gasteiger partial charge < -0.3 is 19.5 Å². The summed E-state index contributed by atoms with van der Waals surface area (Å²) in [5.74, 6) is -3.62. The van der Waals surface area contributed by atoms with Crippen LogP contribution >= 0.6 is 0 Å². The quantitative estimate of drug-likeness (QED) is 0.288. The van der Waals surface area contributed by atoms with Gasteiger partial charge in [0.1, 0.15) is 23.2 Å². The Morgan fingerprint density at radius 3 is 2.26 bits per heavy atom. The number of carboxylic acids is 1. The summed E-state index contributed by atoms with van der Waals surface area (Å²) in [5, 5.41) is 10.3. The van der Waals surface area contributed by atoms with Crippen molar-refractivity contribution >= 4 is 11.7 Å². The first-order valence-electron chi connectivity index (χ1n) is 14.0. The van der Waals surface area contributed by atoms with Gasteiger partial charge in [0.05, 0.1) is 29.8 Å². The Labute approximate surface area is 244 Å². The molecule has 1 aliphatic heterocycles. The number of anilines is 1. The van der Waals surface area contributed by atoms with Crippen LogP contribution < -0.4 is 9.64 Å². The summed E-state index contributed by atoms with van der Waals surface area (Å²) in [6.07, 6.45) is 3.73. The van der Waals surface area contributed by atoms with Crippen LogP contribution in [0.1, 0.15) is 70.4 Å². The second kappa shape index (κ2) is 12.3. The molecule has 4 rings (SSSR count). The largest absolute Gasteiger partial charge is 0.492 e. The number of carbonyl (C=O) groups is 1. The number of aromatic nitrogens is 2. The fraction of sp³-hybridized carbons (Fsp3) is 0.469. The van der Waals surface area contributed by atoms with E-state index in [1.54, 1.807) is 25.3 Å². The molecule has 1 saturated heterocycles. The lowest BCUT2D eigenvalue weighted by molar-refractivity contribution is -0.160. The number of hydrogen-bond donors (Lipinski definition) is 1. The Kier molecular flexibility index (Phi) is 9.15. The van der Waals surface area contributed by atoms with Crippen molar-refractivity contribution in [1.82, 2.24) is 9.97 Å². The van der Waals surface area contributed by atoms with Crippen LogP contribution in [0.3, 0.4) is 0 Å². The van der Waals surface area contributed by atoms with E-state index in [-0.39, 0.29) is 24.0 Å². The highest BCUT2D eigenvalue weighted by molar-refractivity contribution is 5.85. The number of halogens is 3. The van der Waals surface area contributed by atoms with Crippen LogP contribution in [0.2, 0.25) is 0 Å². The molecular weight excluding hydrogens is 547 g/mol. The fourth-order valence-electron chi connectivity index (χ4n) is 5.08. The van der Waals surface area contributed by atoms with Gasteiger partial charge in [0, 0.05) is 60.2 Å². The summed E-state index contributed by atoms with van der Waals surface area (Å²) in [6.45, 7) is 13.1. The third-order valence-corrected chi connectivity index (χ3v) is 7.42. The molecule has 0 amide bonds. The van der Waals surface area contributed by atoms with Crippen LogP contribution in [-0.4, -0.2) is 46.3 Å². The monoisotopic (exact) mass is 585 g/mol. The van der Waals surface area contributed by atoms with Crippen molar-refractivity contribution in [2.24, 2.45) is 5.41 Å². The van der Waals surface area contributed by atoms with Crippen LogP contribution in [0.25, 0.3) is 11.3 Å². The molecule has 0 bridgehead atoms. The third-order valence-electron chi connectivity index (χ3n) is 7.42. The van der Waals surface area contributed by atoms with Gasteiger partial charge in [0.2, 0.25) is 0 Å². The van der Waals surface area contributed by atoms with Crippen molar-refractivity contribution < 1.29 is 32.5 Å². The second-order valence-corrected chi connectivity index (χ2v) is 12.4. The molecule has 7 nitrogen and oxygen atoms in total. The SMILES string of the molecule is Cc1ncc(-c2ccc(OCCc3c(F)cc(F)cc3F)cn2)c(N2CCC(C)(C)CC2)c1C(OC(C)(C)C)C(=O)O. The number of piperidine rings is 1. The Bertz CT molecular complexity index is 1410. The van der Waals surface area contributed by atoms with Crippen molar-refractivity contribution in [1.29, 1.82) is 0 Å². The van der Waals surface area contributed by atoms with E-state index in [2.05, 4.69) is 28.7 Å².